The van der Waals surface area contributed by atoms with E-state index < -0.39 is 0 Å². The van der Waals surface area contributed by atoms with Crippen LogP contribution in [0.5, 0.6) is 0 Å². The zero-order valence-corrected chi connectivity index (χ0v) is 9.33. The van der Waals surface area contributed by atoms with Crippen molar-refractivity contribution in [3.05, 3.63) is 0 Å². The Morgan fingerprint density at radius 3 is 2.21 bits per heavy atom. The van der Waals surface area contributed by atoms with Gasteiger partial charge in [-0.1, -0.05) is 45.4 Å². The number of rotatable bonds is 2. The van der Waals surface area contributed by atoms with Crippen molar-refractivity contribution >= 4 is 12.2 Å². The predicted octanol–water partition coefficient (Wildman–Crippen LogP) is 2.50. The molecule has 0 aromatic rings. The standard InChI is InChI=1S/C8H16.C3H6N2O/c1-2-8-6-4-3-5-7-8;1-3(4)5-2-6/h8H,2-7H2,1H3;2H,1H3,(H2,4,5,6). The van der Waals surface area contributed by atoms with Crippen molar-refractivity contribution in [2.24, 2.45) is 16.6 Å². The van der Waals surface area contributed by atoms with E-state index in [0.29, 0.717) is 12.2 Å². The van der Waals surface area contributed by atoms with Crippen LogP contribution in [0.25, 0.3) is 0 Å². The fourth-order valence-electron chi connectivity index (χ4n) is 1.68. The third-order valence-corrected chi connectivity index (χ3v) is 2.56. The maximum absolute atomic E-state index is 9.35. The maximum atomic E-state index is 9.35. The van der Waals surface area contributed by atoms with Crippen LogP contribution in [0.15, 0.2) is 4.99 Å². The zero-order valence-electron chi connectivity index (χ0n) is 9.33. The highest BCUT2D eigenvalue weighted by atomic mass is 16.1. The Kier molecular flexibility index (Phi) is 8.19. The summed E-state index contributed by atoms with van der Waals surface area (Å²) >= 11 is 0. The smallest absolute Gasteiger partial charge is 0.234 e. The molecule has 2 N–H and O–H groups in total. The molecule has 1 amide bonds. The number of aliphatic imine (C=N–C) groups is 1. The average molecular weight is 198 g/mol. The lowest BCUT2D eigenvalue weighted by Crippen LogP contribution is -2.04. The number of amidine groups is 1. The molecule has 1 fully saturated rings. The van der Waals surface area contributed by atoms with Crippen LogP contribution in [-0.4, -0.2) is 12.2 Å². The first kappa shape index (κ1) is 13.1. The Balaban J connectivity index is 0.000000255. The molecule has 1 saturated carbocycles. The molecule has 1 rings (SSSR count). The molecular formula is C11H22N2O. The third kappa shape index (κ3) is 7.77. The van der Waals surface area contributed by atoms with E-state index in [2.05, 4.69) is 11.9 Å². The van der Waals surface area contributed by atoms with Gasteiger partial charge >= 0.3 is 0 Å². The van der Waals surface area contributed by atoms with Crippen molar-refractivity contribution in [1.82, 2.24) is 0 Å². The second-order valence-electron chi connectivity index (χ2n) is 3.79. The highest BCUT2D eigenvalue weighted by Crippen LogP contribution is 2.25. The first-order valence-electron chi connectivity index (χ1n) is 5.44. The third-order valence-electron chi connectivity index (χ3n) is 2.56. The minimum absolute atomic E-state index is 0.296. The minimum atomic E-state index is 0.296. The molecule has 0 aromatic carbocycles. The van der Waals surface area contributed by atoms with Gasteiger partial charge in [-0.2, -0.15) is 0 Å². The van der Waals surface area contributed by atoms with Crippen LogP contribution in [0.4, 0.5) is 0 Å². The lowest BCUT2D eigenvalue weighted by molar-refractivity contribution is -0.106. The molecule has 0 unspecified atom stereocenters. The molecule has 0 bridgehead atoms. The van der Waals surface area contributed by atoms with Gasteiger partial charge in [-0.3, -0.25) is 4.79 Å². The summed E-state index contributed by atoms with van der Waals surface area (Å²) in [5, 5.41) is 0. The van der Waals surface area contributed by atoms with Gasteiger partial charge in [0.2, 0.25) is 6.41 Å². The van der Waals surface area contributed by atoms with Gasteiger partial charge < -0.3 is 5.73 Å². The van der Waals surface area contributed by atoms with E-state index in [1.165, 1.54) is 38.5 Å². The lowest BCUT2D eigenvalue weighted by Gasteiger charge is -2.18. The van der Waals surface area contributed by atoms with E-state index in [4.69, 9.17) is 5.73 Å². The SMILES string of the molecule is CC(N)=NC=O.CCC1CCCCC1. The summed E-state index contributed by atoms with van der Waals surface area (Å²) in [6.45, 7) is 3.87. The first-order chi connectivity index (χ1) is 6.70. The highest BCUT2D eigenvalue weighted by Gasteiger charge is 2.09. The molecule has 0 aromatic heterocycles. The highest BCUT2D eigenvalue weighted by molar-refractivity contribution is 5.83. The van der Waals surface area contributed by atoms with Crippen LogP contribution in [-0.2, 0) is 4.79 Å². The number of carbonyl (C=O) groups excluding carboxylic acids is 1. The Morgan fingerprint density at radius 1 is 1.43 bits per heavy atom. The van der Waals surface area contributed by atoms with E-state index in [1.54, 1.807) is 6.92 Å². The van der Waals surface area contributed by atoms with Crippen LogP contribution < -0.4 is 5.73 Å². The van der Waals surface area contributed by atoms with Gasteiger partial charge in [-0.15, -0.1) is 0 Å². The van der Waals surface area contributed by atoms with Gasteiger partial charge in [0.25, 0.3) is 0 Å². The molecule has 0 aliphatic heterocycles. The van der Waals surface area contributed by atoms with Crippen LogP contribution >= 0.6 is 0 Å². The van der Waals surface area contributed by atoms with Crippen LogP contribution in [0.1, 0.15) is 52.4 Å². The van der Waals surface area contributed by atoms with Crippen molar-refractivity contribution in [2.75, 3.05) is 0 Å². The van der Waals surface area contributed by atoms with Crippen LogP contribution in [0, 0.1) is 5.92 Å². The second kappa shape index (κ2) is 8.73. The monoisotopic (exact) mass is 198 g/mol. The molecule has 0 heterocycles. The fraction of sp³-hybridized carbons (Fsp3) is 0.818. The molecule has 1 aliphatic carbocycles. The van der Waals surface area contributed by atoms with Gasteiger partial charge in [-0.05, 0) is 12.8 Å². The van der Waals surface area contributed by atoms with Crippen molar-refractivity contribution < 1.29 is 4.79 Å². The molecular weight excluding hydrogens is 176 g/mol. The maximum Gasteiger partial charge on any atom is 0.234 e. The van der Waals surface area contributed by atoms with Gasteiger partial charge in [0.05, 0.1) is 5.84 Å². The predicted molar refractivity (Wildman–Crippen MR) is 60.2 cm³/mol. The molecule has 3 heteroatoms. The summed E-state index contributed by atoms with van der Waals surface area (Å²) in [7, 11) is 0. The minimum Gasteiger partial charge on any atom is -0.387 e. The molecule has 0 atom stereocenters. The first-order valence-corrected chi connectivity index (χ1v) is 5.44. The lowest BCUT2D eigenvalue weighted by atomic mass is 9.88. The summed E-state index contributed by atoms with van der Waals surface area (Å²) in [5.74, 6) is 1.38. The van der Waals surface area contributed by atoms with E-state index in [-0.39, 0.29) is 0 Å². The van der Waals surface area contributed by atoms with Crippen molar-refractivity contribution in [3.63, 3.8) is 0 Å². The zero-order chi connectivity index (χ0) is 10.8. The normalized spacial score (nSPS) is 18.3. The van der Waals surface area contributed by atoms with Gasteiger partial charge in [0.1, 0.15) is 0 Å². The van der Waals surface area contributed by atoms with E-state index in [1.807, 2.05) is 0 Å². The van der Waals surface area contributed by atoms with Crippen molar-refractivity contribution in [2.45, 2.75) is 52.4 Å². The summed E-state index contributed by atoms with van der Waals surface area (Å²) in [6.07, 6.45) is 9.34. The molecule has 1 aliphatic rings. The second-order valence-corrected chi connectivity index (χ2v) is 3.79. The molecule has 14 heavy (non-hydrogen) atoms. The number of hydrogen-bond acceptors (Lipinski definition) is 1. The fourth-order valence-corrected chi connectivity index (χ4v) is 1.68. The average Bonchev–Trinajstić information content (AvgIpc) is 2.20. The summed E-state index contributed by atoms with van der Waals surface area (Å²) < 4.78 is 0. The number of hydrogen-bond donors (Lipinski definition) is 1. The van der Waals surface area contributed by atoms with Gasteiger partial charge in [-0.25, -0.2) is 4.99 Å². The Labute approximate surface area is 86.8 Å². The number of nitrogens with zero attached hydrogens (tertiary/aromatic N) is 1. The van der Waals surface area contributed by atoms with Crippen LogP contribution in [0.2, 0.25) is 0 Å². The summed E-state index contributed by atoms with van der Waals surface area (Å²) in [6, 6.07) is 0. The number of amides is 1. The molecule has 82 valence electrons. The van der Waals surface area contributed by atoms with E-state index >= 15 is 0 Å². The topological polar surface area (TPSA) is 55.4 Å². The van der Waals surface area contributed by atoms with Crippen LogP contribution in [0.3, 0.4) is 0 Å². The quantitative estimate of drug-likeness (QED) is 0.421. The molecule has 3 nitrogen and oxygen atoms in total. The van der Waals surface area contributed by atoms with Crippen molar-refractivity contribution in [1.29, 1.82) is 0 Å². The van der Waals surface area contributed by atoms with E-state index in [0.717, 1.165) is 5.92 Å². The van der Waals surface area contributed by atoms with Crippen molar-refractivity contribution in [3.8, 4) is 0 Å². The van der Waals surface area contributed by atoms with Gasteiger partial charge in [0, 0.05) is 0 Å². The Bertz CT molecular complexity index is 168. The molecule has 0 radical (unpaired) electrons. The Morgan fingerprint density at radius 2 is 2.00 bits per heavy atom. The Hall–Kier alpha value is -0.860. The van der Waals surface area contributed by atoms with Gasteiger partial charge in [0.15, 0.2) is 0 Å². The molecule has 0 spiro atoms. The van der Waals surface area contributed by atoms with E-state index in [9.17, 15) is 4.79 Å². The number of carbonyl (C=O) groups is 1. The molecule has 0 saturated heterocycles. The number of nitrogens with two attached hydrogens (primary N) is 1. The largest absolute Gasteiger partial charge is 0.387 e. The summed E-state index contributed by atoms with van der Waals surface area (Å²) in [4.78, 5) is 12.5. The summed E-state index contributed by atoms with van der Waals surface area (Å²) in [5.41, 5.74) is 4.92.